The van der Waals surface area contributed by atoms with E-state index in [1.807, 2.05) is 0 Å². The molecule has 0 aromatic carbocycles. The molecule has 2 fully saturated rings. The van der Waals surface area contributed by atoms with Gasteiger partial charge in [-0.25, -0.2) is 14.8 Å². The van der Waals surface area contributed by atoms with Gasteiger partial charge in [-0.2, -0.15) is 0 Å². The zero-order valence-electron chi connectivity index (χ0n) is 16.2. The fraction of sp³-hybridized carbons (Fsp3) is 0.650. The van der Waals surface area contributed by atoms with Gasteiger partial charge in [0.2, 0.25) is 5.71 Å². The minimum absolute atomic E-state index is 0.327. The van der Waals surface area contributed by atoms with Crippen LogP contribution in [0.2, 0.25) is 0 Å². The number of ether oxygens (including phenoxy) is 1. The van der Waals surface area contributed by atoms with Crippen LogP contribution in [0, 0.1) is 6.92 Å². The zero-order valence-corrected chi connectivity index (χ0v) is 16.2. The maximum absolute atomic E-state index is 12.5. The van der Waals surface area contributed by atoms with E-state index in [0.29, 0.717) is 29.0 Å². The van der Waals surface area contributed by atoms with Crippen LogP contribution in [0.15, 0.2) is 10.7 Å². The van der Waals surface area contributed by atoms with Crippen molar-refractivity contribution in [2.75, 3.05) is 37.7 Å². The van der Waals surface area contributed by atoms with Crippen LogP contribution in [-0.4, -0.2) is 59.7 Å². The second-order valence-electron chi connectivity index (χ2n) is 7.45. The molecule has 0 radical (unpaired) electrons. The average Bonchev–Trinajstić information content (AvgIpc) is 3.05. The lowest BCUT2D eigenvalue weighted by Crippen LogP contribution is -2.51. The molecule has 2 aromatic rings. The number of fused-ring (bicyclic) bond motifs is 1. The quantitative estimate of drug-likeness (QED) is 0.763. The van der Waals surface area contributed by atoms with Crippen LogP contribution in [0.25, 0.3) is 11.1 Å². The fourth-order valence-electron chi connectivity index (χ4n) is 4.46. The Labute approximate surface area is 159 Å². The van der Waals surface area contributed by atoms with Crippen molar-refractivity contribution in [2.24, 2.45) is 0 Å². The van der Waals surface area contributed by atoms with Gasteiger partial charge in [0.1, 0.15) is 23.5 Å². The molecule has 0 unspecified atom stereocenters. The Morgan fingerprint density at radius 1 is 1.19 bits per heavy atom. The van der Waals surface area contributed by atoms with Crippen molar-refractivity contribution in [3.63, 3.8) is 0 Å². The van der Waals surface area contributed by atoms with Crippen LogP contribution in [0.4, 0.5) is 5.82 Å². The molecule has 7 nitrogen and oxygen atoms in total. The minimum Gasteiger partial charge on any atom is -0.462 e. The van der Waals surface area contributed by atoms with Gasteiger partial charge in [0, 0.05) is 32.2 Å². The van der Waals surface area contributed by atoms with E-state index in [1.54, 1.807) is 13.8 Å². The molecule has 2 aromatic heterocycles. The van der Waals surface area contributed by atoms with Gasteiger partial charge in [-0.1, -0.05) is 19.3 Å². The number of hydrogen-bond acceptors (Lipinski definition) is 7. The summed E-state index contributed by atoms with van der Waals surface area (Å²) in [5, 5.41) is 0.680. The summed E-state index contributed by atoms with van der Waals surface area (Å²) in [7, 11) is 0. The van der Waals surface area contributed by atoms with E-state index in [0.717, 1.165) is 38.0 Å². The standard InChI is InChI=1S/C20H28N4O3/c1-3-26-20(25)16-14(2)27-19-17(16)18(21-13-22-19)24-11-9-23(10-12-24)15-7-5-4-6-8-15/h13,15H,3-12H2,1-2H3. The maximum Gasteiger partial charge on any atom is 0.342 e. The van der Waals surface area contributed by atoms with E-state index in [-0.39, 0.29) is 5.97 Å². The number of furan rings is 1. The number of anilines is 1. The van der Waals surface area contributed by atoms with Gasteiger partial charge in [0.05, 0.1) is 12.0 Å². The lowest BCUT2D eigenvalue weighted by Gasteiger charge is -2.41. The van der Waals surface area contributed by atoms with Gasteiger partial charge in [-0.3, -0.25) is 4.90 Å². The van der Waals surface area contributed by atoms with E-state index in [4.69, 9.17) is 9.15 Å². The second kappa shape index (κ2) is 7.84. The number of esters is 1. The summed E-state index contributed by atoms with van der Waals surface area (Å²) in [4.78, 5) is 26.1. The Hall–Kier alpha value is -2.15. The molecule has 0 atom stereocenters. The maximum atomic E-state index is 12.5. The number of aryl methyl sites for hydroxylation is 1. The van der Waals surface area contributed by atoms with E-state index in [9.17, 15) is 4.79 Å². The summed E-state index contributed by atoms with van der Waals surface area (Å²) in [6.45, 7) is 7.76. The summed E-state index contributed by atoms with van der Waals surface area (Å²) >= 11 is 0. The van der Waals surface area contributed by atoms with Crippen molar-refractivity contribution in [2.45, 2.75) is 52.0 Å². The highest BCUT2D eigenvalue weighted by atomic mass is 16.5. The molecular weight excluding hydrogens is 344 g/mol. The van der Waals surface area contributed by atoms with Crippen molar-refractivity contribution in [3.8, 4) is 0 Å². The third-order valence-corrected chi connectivity index (χ3v) is 5.83. The van der Waals surface area contributed by atoms with E-state index >= 15 is 0 Å². The van der Waals surface area contributed by atoms with Gasteiger partial charge >= 0.3 is 5.97 Å². The summed E-state index contributed by atoms with van der Waals surface area (Å²) in [5.74, 6) is 0.944. The number of rotatable bonds is 4. The van der Waals surface area contributed by atoms with Crippen molar-refractivity contribution in [1.29, 1.82) is 0 Å². The highest BCUT2D eigenvalue weighted by Crippen LogP contribution is 2.33. The molecule has 0 N–H and O–H groups in total. The largest absolute Gasteiger partial charge is 0.462 e. The van der Waals surface area contributed by atoms with Crippen LogP contribution in [0.3, 0.4) is 0 Å². The van der Waals surface area contributed by atoms with Gasteiger partial charge in [-0.05, 0) is 26.7 Å². The molecule has 1 saturated carbocycles. The van der Waals surface area contributed by atoms with Crippen molar-refractivity contribution < 1.29 is 13.9 Å². The number of piperazine rings is 1. The normalized spacial score (nSPS) is 19.6. The van der Waals surface area contributed by atoms with Gasteiger partial charge in [0.25, 0.3) is 0 Å². The molecule has 146 valence electrons. The molecule has 3 heterocycles. The molecule has 2 aliphatic rings. The molecular formula is C20H28N4O3. The monoisotopic (exact) mass is 372 g/mol. The van der Waals surface area contributed by atoms with Crippen LogP contribution in [0.1, 0.15) is 55.1 Å². The van der Waals surface area contributed by atoms with Gasteiger partial charge in [-0.15, -0.1) is 0 Å². The van der Waals surface area contributed by atoms with E-state index in [2.05, 4.69) is 19.8 Å². The third-order valence-electron chi connectivity index (χ3n) is 5.83. The number of carbonyl (C=O) groups is 1. The zero-order chi connectivity index (χ0) is 18.8. The molecule has 1 saturated heterocycles. The SMILES string of the molecule is CCOC(=O)c1c(C)oc2ncnc(N3CCN(C4CCCCC4)CC3)c12. The number of hydrogen-bond donors (Lipinski definition) is 0. The first-order valence-electron chi connectivity index (χ1n) is 10.1. The van der Waals surface area contributed by atoms with Crippen molar-refractivity contribution in [1.82, 2.24) is 14.9 Å². The van der Waals surface area contributed by atoms with Crippen molar-refractivity contribution in [3.05, 3.63) is 17.7 Å². The first-order valence-corrected chi connectivity index (χ1v) is 10.1. The predicted molar refractivity (Wildman–Crippen MR) is 103 cm³/mol. The van der Waals surface area contributed by atoms with Crippen molar-refractivity contribution >= 4 is 22.9 Å². The number of carbonyl (C=O) groups excluding carboxylic acids is 1. The number of aromatic nitrogens is 2. The molecule has 1 aliphatic carbocycles. The highest BCUT2D eigenvalue weighted by Gasteiger charge is 2.29. The molecule has 27 heavy (non-hydrogen) atoms. The first-order chi connectivity index (χ1) is 13.2. The van der Waals surface area contributed by atoms with Crippen LogP contribution in [-0.2, 0) is 4.74 Å². The molecule has 0 bridgehead atoms. The molecule has 1 aliphatic heterocycles. The summed E-state index contributed by atoms with van der Waals surface area (Å²) in [5.41, 5.74) is 0.910. The Bertz CT molecular complexity index is 805. The molecule has 0 amide bonds. The van der Waals surface area contributed by atoms with Crippen LogP contribution >= 0.6 is 0 Å². The summed E-state index contributed by atoms with van der Waals surface area (Å²) in [6.07, 6.45) is 8.26. The van der Waals surface area contributed by atoms with E-state index in [1.165, 1.54) is 38.4 Å². The third kappa shape index (κ3) is 3.52. The number of nitrogens with zero attached hydrogens (tertiary/aromatic N) is 4. The Balaban J connectivity index is 1.58. The second-order valence-corrected chi connectivity index (χ2v) is 7.45. The fourth-order valence-corrected chi connectivity index (χ4v) is 4.46. The lowest BCUT2D eigenvalue weighted by atomic mass is 9.94. The highest BCUT2D eigenvalue weighted by molar-refractivity contribution is 6.07. The summed E-state index contributed by atoms with van der Waals surface area (Å²) in [6, 6.07) is 0.734. The molecule has 7 heteroatoms. The Morgan fingerprint density at radius 3 is 2.63 bits per heavy atom. The smallest absolute Gasteiger partial charge is 0.342 e. The van der Waals surface area contributed by atoms with E-state index < -0.39 is 0 Å². The van der Waals surface area contributed by atoms with Crippen LogP contribution < -0.4 is 4.90 Å². The first kappa shape index (κ1) is 18.2. The lowest BCUT2D eigenvalue weighted by molar-refractivity contribution is 0.0526. The van der Waals surface area contributed by atoms with Gasteiger partial charge < -0.3 is 14.1 Å². The van der Waals surface area contributed by atoms with Gasteiger partial charge in [0.15, 0.2) is 0 Å². The Morgan fingerprint density at radius 2 is 1.93 bits per heavy atom. The molecule has 4 rings (SSSR count). The topological polar surface area (TPSA) is 71.7 Å². The average molecular weight is 372 g/mol. The Kier molecular flexibility index (Phi) is 5.29. The van der Waals surface area contributed by atoms with Crippen LogP contribution in [0.5, 0.6) is 0 Å². The minimum atomic E-state index is -0.370. The molecule has 0 spiro atoms. The predicted octanol–water partition coefficient (Wildman–Crippen LogP) is 3.16. The summed E-state index contributed by atoms with van der Waals surface area (Å²) < 4.78 is 11.0.